The average molecular weight is 454 g/mol. The van der Waals surface area contributed by atoms with Gasteiger partial charge in [-0.3, -0.25) is 19.7 Å². The summed E-state index contributed by atoms with van der Waals surface area (Å²) in [7, 11) is 0. The summed E-state index contributed by atoms with van der Waals surface area (Å²) in [6, 6.07) is 10.8. The van der Waals surface area contributed by atoms with Crippen LogP contribution in [0.15, 0.2) is 64.6 Å². The molecular formula is C25H23N7O2. The molecule has 6 rings (SSSR count). The van der Waals surface area contributed by atoms with Gasteiger partial charge >= 0.3 is 0 Å². The number of H-pyrrole nitrogens is 1. The van der Waals surface area contributed by atoms with Crippen LogP contribution >= 0.6 is 0 Å². The number of nitrogens with zero attached hydrogens (tertiary/aromatic N) is 6. The van der Waals surface area contributed by atoms with Crippen molar-refractivity contribution in [1.29, 1.82) is 0 Å². The zero-order valence-electron chi connectivity index (χ0n) is 18.5. The molecule has 9 nitrogen and oxygen atoms in total. The Morgan fingerprint density at radius 3 is 2.50 bits per heavy atom. The van der Waals surface area contributed by atoms with Crippen molar-refractivity contribution in [3.05, 3.63) is 87.2 Å². The van der Waals surface area contributed by atoms with Crippen LogP contribution in [-0.2, 0) is 6.54 Å². The van der Waals surface area contributed by atoms with Gasteiger partial charge in [-0.05, 0) is 43.2 Å². The van der Waals surface area contributed by atoms with E-state index < -0.39 is 0 Å². The molecule has 9 heteroatoms. The molecule has 0 saturated heterocycles. The summed E-state index contributed by atoms with van der Waals surface area (Å²) < 4.78 is 2.99. The smallest absolute Gasteiger partial charge is 0.267 e. The summed E-state index contributed by atoms with van der Waals surface area (Å²) in [5.41, 5.74) is 1.33. The average Bonchev–Trinajstić information content (AvgIpc) is 3.37. The van der Waals surface area contributed by atoms with E-state index in [2.05, 4.69) is 25.1 Å². The molecule has 5 heterocycles. The molecular weight excluding hydrogens is 430 g/mol. The van der Waals surface area contributed by atoms with Gasteiger partial charge in [0.2, 0.25) is 0 Å². The maximum atomic E-state index is 13.4. The van der Waals surface area contributed by atoms with Crippen LogP contribution in [0.4, 0.5) is 0 Å². The van der Waals surface area contributed by atoms with Crippen LogP contribution < -0.4 is 11.1 Å². The van der Waals surface area contributed by atoms with Crippen molar-refractivity contribution in [3.8, 4) is 5.95 Å². The number of rotatable bonds is 4. The molecule has 0 unspecified atom stereocenters. The molecule has 0 bridgehead atoms. The fourth-order valence-electron chi connectivity index (χ4n) is 4.74. The van der Waals surface area contributed by atoms with Crippen LogP contribution in [0, 0.1) is 0 Å². The lowest BCUT2D eigenvalue weighted by Crippen LogP contribution is -2.22. The first-order chi connectivity index (χ1) is 16.7. The van der Waals surface area contributed by atoms with Crippen molar-refractivity contribution < 1.29 is 0 Å². The maximum Gasteiger partial charge on any atom is 0.267 e. The van der Waals surface area contributed by atoms with Crippen LogP contribution in [0.2, 0.25) is 0 Å². The van der Waals surface area contributed by atoms with Crippen molar-refractivity contribution in [2.75, 3.05) is 0 Å². The van der Waals surface area contributed by atoms with E-state index in [1.807, 2.05) is 18.2 Å². The van der Waals surface area contributed by atoms with Crippen molar-refractivity contribution in [1.82, 2.24) is 34.3 Å². The molecule has 1 saturated carbocycles. The predicted octanol–water partition coefficient (Wildman–Crippen LogP) is 3.31. The van der Waals surface area contributed by atoms with Gasteiger partial charge in [0.1, 0.15) is 5.82 Å². The highest BCUT2D eigenvalue weighted by Gasteiger charge is 2.20. The fraction of sp³-hybridized carbons (Fsp3) is 0.280. The highest BCUT2D eigenvalue weighted by molar-refractivity contribution is 5.91. The third kappa shape index (κ3) is 3.59. The van der Waals surface area contributed by atoms with E-state index in [1.165, 1.54) is 23.8 Å². The van der Waals surface area contributed by atoms with Gasteiger partial charge in [0.05, 0.1) is 34.0 Å². The molecule has 5 aromatic heterocycles. The molecule has 1 N–H and O–H groups in total. The van der Waals surface area contributed by atoms with Gasteiger partial charge in [-0.15, -0.1) is 5.10 Å². The second-order valence-electron chi connectivity index (χ2n) is 8.77. The second-order valence-corrected chi connectivity index (χ2v) is 8.77. The Hall–Kier alpha value is -4.14. The number of nitrogens with one attached hydrogen (secondary N) is 1. The van der Waals surface area contributed by atoms with Gasteiger partial charge in [-0.25, -0.2) is 9.55 Å². The quantitative estimate of drug-likeness (QED) is 0.418. The maximum absolute atomic E-state index is 13.4. The van der Waals surface area contributed by atoms with E-state index in [-0.39, 0.29) is 11.1 Å². The molecule has 0 aromatic carbocycles. The molecule has 0 spiro atoms. The molecule has 0 aliphatic heterocycles. The summed E-state index contributed by atoms with van der Waals surface area (Å²) in [5, 5.41) is 8.07. The summed E-state index contributed by atoms with van der Waals surface area (Å²) in [5.74, 6) is 1.50. The lowest BCUT2D eigenvalue weighted by molar-refractivity contribution is 0.429. The van der Waals surface area contributed by atoms with E-state index in [0.29, 0.717) is 40.2 Å². The van der Waals surface area contributed by atoms with Crippen molar-refractivity contribution in [2.24, 2.45) is 0 Å². The van der Waals surface area contributed by atoms with E-state index in [9.17, 15) is 9.59 Å². The first-order valence-electron chi connectivity index (χ1n) is 11.6. The Morgan fingerprint density at radius 2 is 1.71 bits per heavy atom. The normalized spacial score (nSPS) is 14.7. The molecule has 170 valence electrons. The number of aromatic amines is 1. The number of hydrogen-bond donors (Lipinski definition) is 1. The minimum atomic E-state index is -0.305. The minimum absolute atomic E-state index is 0.218. The van der Waals surface area contributed by atoms with Gasteiger partial charge in [0, 0.05) is 24.5 Å². The lowest BCUT2D eigenvalue weighted by atomic mass is 9.89. The lowest BCUT2D eigenvalue weighted by Gasteiger charge is -2.18. The predicted molar refractivity (Wildman–Crippen MR) is 128 cm³/mol. The second kappa shape index (κ2) is 8.33. The van der Waals surface area contributed by atoms with Gasteiger partial charge in [-0.2, -0.15) is 4.98 Å². The van der Waals surface area contributed by atoms with E-state index >= 15 is 0 Å². The van der Waals surface area contributed by atoms with Gasteiger partial charge in [0.15, 0.2) is 0 Å². The van der Waals surface area contributed by atoms with E-state index in [4.69, 9.17) is 0 Å². The van der Waals surface area contributed by atoms with Crippen LogP contribution in [0.1, 0.15) is 49.5 Å². The third-order valence-corrected chi connectivity index (χ3v) is 6.57. The Balaban J connectivity index is 1.42. The summed E-state index contributed by atoms with van der Waals surface area (Å²) in [6.45, 7) is 0.341. The first kappa shape index (κ1) is 20.5. The van der Waals surface area contributed by atoms with Crippen LogP contribution in [0.5, 0.6) is 0 Å². The van der Waals surface area contributed by atoms with Crippen LogP contribution in [0.25, 0.3) is 27.8 Å². The Bertz CT molecular complexity index is 1610. The Kier molecular flexibility index (Phi) is 5.01. The number of fused-ring (bicyclic) bond motifs is 2. The van der Waals surface area contributed by atoms with Gasteiger partial charge in [-0.1, -0.05) is 25.3 Å². The monoisotopic (exact) mass is 453 g/mol. The van der Waals surface area contributed by atoms with Crippen molar-refractivity contribution in [3.63, 3.8) is 0 Å². The molecule has 5 aromatic rings. The van der Waals surface area contributed by atoms with Crippen molar-refractivity contribution >= 4 is 21.8 Å². The third-order valence-electron chi connectivity index (χ3n) is 6.57. The highest BCUT2D eigenvalue weighted by Crippen LogP contribution is 2.30. The van der Waals surface area contributed by atoms with Gasteiger partial charge in [0.25, 0.3) is 17.1 Å². The molecule has 1 aliphatic carbocycles. The van der Waals surface area contributed by atoms with E-state index in [1.54, 1.807) is 41.4 Å². The SMILES string of the molecule is O=c1c2cc3c(=O)n(-c4n[nH]c(C5CCCCC5)n4)ccc3nc2ccn1Cc1ccccn1. The Morgan fingerprint density at radius 1 is 0.912 bits per heavy atom. The molecule has 1 fully saturated rings. The topological polar surface area (TPSA) is 111 Å². The molecule has 0 radical (unpaired) electrons. The minimum Gasteiger partial charge on any atom is -0.309 e. The largest absolute Gasteiger partial charge is 0.309 e. The summed E-state index contributed by atoms with van der Waals surface area (Å²) in [6.07, 6.45) is 10.8. The molecule has 0 atom stereocenters. The standard InChI is InChI=1S/C25H23N7O2/c33-23-18-14-19-21(27-20(18)9-12-31(23)15-17-8-4-5-11-26-17)10-13-32(24(19)34)25-28-22(29-30-25)16-6-2-1-3-7-16/h4-5,8-14,16H,1-3,6-7,15H2,(H,28,29,30). The Labute approximate surface area is 194 Å². The number of aromatic nitrogens is 7. The van der Waals surface area contributed by atoms with Crippen molar-refractivity contribution in [2.45, 2.75) is 44.6 Å². The molecule has 0 amide bonds. The highest BCUT2D eigenvalue weighted by atomic mass is 16.1. The summed E-state index contributed by atoms with van der Waals surface area (Å²) >= 11 is 0. The number of hydrogen-bond acceptors (Lipinski definition) is 6. The van der Waals surface area contributed by atoms with Crippen LogP contribution in [0.3, 0.4) is 0 Å². The summed E-state index contributed by atoms with van der Waals surface area (Å²) in [4.78, 5) is 40.0. The molecule has 34 heavy (non-hydrogen) atoms. The van der Waals surface area contributed by atoms with Gasteiger partial charge < -0.3 is 4.57 Å². The zero-order chi connectivity index (χ0) is 23.1. The fourth-order valence-corrected chi connectivity index (χ4v) is 4.74. The number of pyridine rings is 4. The zero-order valence-corrected chi connectivity index (χ0v) is 18.5. The molecule has 1 aliphatic rings. The first-order valence-corrected chi connectivity index (χ1v) is 11.6. The van der Waals surface area contributed by atoms with E-state index in [0.717, 1.165) is 24.4 Å². The van der Waals surface area contributed by atoms with Crippen LogP contribution in [-0.4, -0.2) is 34.3 Å².